The molecule has 0 bridgehead atoms. The highest BCUT2D eigenvalue weighted by Crippen LogP contribution is 2.28. The fraction of sp³-hybridized carbons (Fsp3) is 0.500. The van der Waals surface area contributed by atoms with Gasteiger partial charge in [-0.1, -0.05) is 19.9 Å². The molecule has 1 aromatic heterocycles. The molecule has 3 nitrogen and oxygen atoms in total. The molecular formula is C14H19NO2. The molecule has 0 spiro atoms. The number of Topliss-reactive ketones (excluding diaryl/α,β-unsaturated/α-hetero) is 1. The summed E-state index contributed by atoms with van der Waals surface area (Å²) in [5, 5.41) is 3.34. The third-order valence-electron chi connectivity index (χ3n) is 2.88. The van der Waals surface area contributed by atoms with Crippen LogP contribution in [0.25, 0.3) is 0 Å². The molecule has 1 heterocycles. The predicted octanol–water partition coefficient (Wildman–Crippen LogP) is 2.86. The lowest BCUT2D eigenvalue weighted by atomic mass is 9.90. The van der Waals surface area contributed by atoms with E-state index in [0.717, 1.165) is 18.0 Å². The van der Waals surface area contributed by atoms with Crippen molar-refractivity contribution in [1.29, 1.82) is 0 Å². The van der Waals surface area contributed by atoms with Crippen molar-refractivity contribution in [3.63, 3.8) is 0 Å². The molecule has 0 amide bonds. The van der Waals surface area contributed by atoms with Crippen molar-refractivity contribution >= 4 is 5.78 Å². The highest BCUT2D eigenvalue weighted by Gasteiger charge is 2.23. The molecule has 1 aliphatic carbocycles. The number of hydrogen-bond donors (Lipinski definition) is 1. The second kappa shape index (κ2) is 5.21. The van der Waals surface area contributed by atoms with Gasteiger partial charge in [0, 0.05) is 31.0 Å². The Morgan fingerprint density at radius 3 is 3.00 bits per heavy atom. The second-order valence-electron chi connectivity index (χ2n) is 5.01. The molecule has 2 rings (SSSR count). The van der Waals surface area contributed by atoms with Crippen molar-refractivity contribution in [2.75, 3.05) is 6.54 Å². The van der Waals surface area contributed by atoms with Gasteiger partial charge in [-0.3, -0.25) is 4.79 Å². The smallest absolute Gasteiger partial charge is 0.139 e. The van der Waals surface area contributed by atoms with Crippen LogP contribution in [0.4, 0.5) is 0 Å². The van der Waals surface area contributed by atoms with Gasteiger partial charge in [0.1, 0.15) is 11.5 Å². The third-order valence-corrected chi connectivity index (χ3v) is 2.88. The molecule has 1 N–H and O–H groups in total. The average Bonchev–Trinajstić information content (AvgIpc) is 2.79. The van der Waals surface area contributed by atoms with Gasteiger partial charge < -0.3 is 9.73 Å². The molecule has 0 saturated carbocycles. The molecule has 0 saturated heterocycles. The number of carbonyl (C=O) groups is 1. The molecule has 3 heteroatoms. The van der Waals surface area contributed by atoms with Crippen molar-refractivity contribution in [1.82, 2.24) is 5.32 Å². The number of rotatable bonds is 4. The fourth-order valence-electron chi connectivity index (χ4n) is 2.03. The first-order valence-electron chi connectivity index (χ1n) is 6.15. The molecule has 1 aromatic rings. The first-order chi connectivity index (χ1) is 8.15. The van der Waals surface area contributed by atoms with Crippen LogP contribution < -0.4 is 5.32 Å². The number of carbonyl (C=O) groups excluding carboxylic acids is 1. The molecule has 0 fully saturated rings. The van der Waals surface area contributed by atoms with Crippen molar-refractivity contribution in [3.8, 4) is 0 Å². The topological polar surface area (TPSA) is 42.2 Å². The van der Waals surface area contributed by atoms with Gasteiger partial charge in [0.2, 0.25) is 0 Å². The quantitative estimate of drug-likeness (QED) is 0.869. The van der Waals surface area contributed by atoms with Crippen molar-refractivity contribution in [2.24, 2.45) is 5.92 Å². The number of allylic oxidation sites excluding steroid dienone is 2. The summed E-state index contributed by atoms with van der Waals surface area (Å²) in [4.78, 5) is 11.7. The molecule has 17 heavy (non-hydrogen) atoms. The largest absolute Gasteiger partial charge is 0.469 e. The minimum absolute atomic E-state index is 0.0981. The van der Waals surface area contributed by atoms with Crippen molar-refractivity contribution < 1.29 is 9.21 Å². The van der Waals surface area contributed by atoms with E-state index < -0.39 is 0 Å². The van der Waals surface area contributed by atoms with Crippen LogP contribution in [0.2, 0.25) is 0 Å². The summed E-state index contributed by atoms with van der Waals surface area (Å²) in [6.45, 7) is 5.22. The summed E-state index contributed by atoms with van der Waals surface area (Å²) >= 11 is 0. The first kappa shape index (κ1) is 12.0. The molecular weight excluding hydrogens is 214 g/mol. The summed E-state index contributed by atoms with van der Waals surface area (Å²) in [6.07, 6.45) is 4.87. The molecule has 0 radical (unpaired) electrons. The highest BCUT2D eigenvalue weighted by molar-refractivity contribution is 5.83. The molecule has 1 aliphatic rings. The Bertz CT molecular complexity index is 404. The highest BCUT2D eigenvalue weighted by atomic mass is 16.3. The Balaban J connectivity index is 2.07. The zero-order valence-electron chi connectivity index (χ0n) is 10.4. The molecule has 0 aliphatic heterocycles. The Morgan fingerprint density at radius 2 is 2.35 bits per heavy atom. The van der Waals surface area contributed by atoms with Gasteiger partial charge in [-0.2, -0.15) is 0 Å². The Hall–Kier alpha value is -1.51. The summed E-state index contributed by atoms with van der Waals surface area (Å²) < 4.78 is 5.37. The summed E-state index contributed by atoms with van der Waals surface area (Å²) in [6, 6.07) is 3.79. The van der Waals surface area contributed by atoms with E-state index in [2.05, 4.69) is 25.2 Å². The van der Waals surface area contributed by atoms with E-state index in [1.54, 1.807) is 6.26 Å². The Kier molecular flexibility index (Phi) is 3.67. The maximum Gasteiger partial charge on any atom is 0.139 e. The average molecular weight is 233 g/mol. The number of furan rings is 1. The van der Waals surface area contributed by atoms with E-state index in [4.69, 9.17) is 4.42 Å². The first-order valence-corrected chi connectivity index (χ1v) is 6.15. The van der Waals surface area contributed by atoms with Gasteiger partial charge in [0.15, 0.2) is 0 Å². The molecule has 1 unspecified atom stereocenters. The van der Waals surface area contributed by atoms with Gasteiger partial charge in [-0.15, -0.1) is 0 Å². The van der Waals surface area contributed by atoms with Crippen LogP contribution >= 0.6 is 0 Å². The van der Waals surface area contributed by atoms with Crippen LogP contribution in [0.3, 0.4) is 0 Å². The zero-order valence-corrected chi connectivity index (χ0v) is 10.4. The Labute approximate surface area is 102 Å². The lowest BCUT2D eigenvalue weighted by molar-refractivity contribution is -0.119. The number of nitrogens with one attached hydrogen (secondary N) is 1. The number of hydrogen-bond acceptors (Lipinski definition) is 3. The van der Waals surface area contributed by atoms with Gasteiger partial charge in [0.25, 0.3) is 0 Å². The third kappa shape index (κ3) is 3.22. The van der Waals surface area contributed by atoms with Crippen LogP contribution in [0.1, 0.15) is 38.4 Å². The van der Waals surface area contributed by atoms with E-state index in [9.17, 15) is 4.79 Å². The van der Waals surface area contributed by atoms with Gasteiger partial charge in [-0.25, -0.2) is 0 Å². The summed E-state index contributed by atoms with van der Waals surface area (Å²) in [5.74, 6) is 1.83. The van der Waals surface area contributed by atoms with Crippen LogP contribution in [-0.2, 0) is 4.79 Å². The molecule has 0 aromatic carbocycles. The van der Waals surface area contributed by atoms with Crippen LogP contribution in [-0.4, -0.2) is 12.3 Å². The van der Waals surface area contributed by atoms with E-state index in [1.807, 2.05) is 12.1 Å². The van der Waals surface area contributed by atoms with Crippen molar-refractivity contribution in [3.05, 3.63) is 35.9 Å². The van der Waals surface area contributed by atoms with Gasteiger partial charge in [0.05, 0.1) is 6.26 Å². The van der Waals surface area contributed by atoms with E-state index in [-0.39, 0.29) is 11.7 Å². The monoisotopic (exact) mass is 233 g/mol. The molecule has 92 valence electrons. The number of ketones is 1. The SMILES string of the molecule is CC(C)CNC1=CC(c2ccco2)CC(=O)C1. The second-order valence-corrected chi connectivity index (χ2v) is 5.01. The Morgan fingerprint density at radius 1 is 1.53 bits per heavy atom. The summed E-state index contributed by atoms with van der Waals surface area (Å²) in [5.41, 5.74) is 1.04. The minimum Gasteiger partial charge on any atom is -0.469 e. The van der Waals surface area contributed by atoms with Crippen LogP contribution in [0.15, 0.2) is 34.6 Å². The van der Waals surface area contributed by atoms with Crippen molar-refractivity contribution in [2.45, 2.75) is 32.6 Å². The van der Waals surface area contributed by atoms with Gasteiger partial charge in [-0.05, 0) is 18.1 Å². The van der Waals surface area contributed by atoms with E-state index >= 15 is 0 Å². The fourth-order valence-corrected chi connectivity index (χ4v) is 2.03. The lowest BCUT2D eigenvalue weighted by Crippen LogP contribution is -2.25. The van der Waals surface area contributed by atoms with Crippen LogP contribution in [0, 0.1) is 5.92 Å². The normalized spacial score (nSPS) is 20.5. The molecule has 1 atom stereocenters. The van der Waals surface area contributed by atoms with Gasteiger partial charge >= 0.3 is 0 Å². The lowest BCUT2D eigenvalue weighted by Gasteiger charge is -2.20. The minimum atomic E-state index is 0.0981. The van der Waals surface area contributed by atoms with E-state index in [0.29, 0.717) is 18.8 Å². The maximum atomic E-state index is 11.7. The predicted molar refractivity (Wildman–Crippen MR) is 66.6 cm³/mol. The summed E-state index contributed by atoms with van der Waals surface area (Å²) in [7, 11) is 0. The maximum absolute atomic E-state index is 11.7. The standard InChI is InChI=1S/C14H19NO2/c1-10(2)9-15-12-6-11(7-13(16)8-12)14-4-3-5-17-14/h3-6,10-11,15H,7-9H2,1-2H3. The van der Waals surface area contributed by atoms with E-state index in [1.165, 1.54) is 0 Å². The van der Waals surface area contributed by atoms with Crippen LogP contribution in [0.5, 0.6) is 0 Å². The zero-order chi connectivity index (χ0) is 12.3.